The Labute approximate surface area is 237 Å². The van der Waals surface area contributed by atoms with Crippen molar-refractivity contribution in [2.45, 2.75) is 6.92 Å². The molecule has 0 radical (unpaired) electrons. The molecule has 4 aromatic rings. The van der Waals surface area contributed by atoms with Crippen LogP contribution in [-0.4, -0.2) is 83.5 Å². The van der Waals surface area contributed by atoms with Gasteiger partial charge in [0.15, 0.2) is 5.78 Å². The number of nitrogens with zero attached hydrogens (tertiary/aromatic N) is 7. The van der Waals surface area contributed by atoms with Gasteiger partial charge in [-0.3, -0.25) is 33.8 Å². The van der Waals surface area contributed by atoms with Crippen molar-refractivity contribution >= 4 is 34.7 Å². The van der Waals surface area contributed by atoms with Crippen molar-refractivity contribution in [2.75, 3.05) is 14.2 Å². The summed E-state index contributed by atoms with van der Waals surface area (Å²) in [5, 5.41) is 9.71. The molecule has 0 spiro atoms. The number of hydroxylamine groups is 2. The third-order valence-electron chi connectivity index (χ3n) is 4.81. The number of ketones is 1. The molecule has 0 saturated heterocycles. The van der Waals surface area contributed by atoms with Gasteiger partial charge in [-0.05, 0) is 36.4 Å². The molecule has 0 aromatic carbocycles. The summed E-state index contributed by atoms with van der Waals surface area (Å²) in [6, 6.07) is 11.0. The van der Waals surface area contributed by atoms with Crippen molar-refractivity contribution < 1.29 is 31.4 Å². The maximum atomic E-state index is 12.0. The maximum Gasteiger partial charge on any atom is 2.00 e. The van der Waals surface area contributed by atoms with Gasteiger partial charge in [-0.25, -0.2) is 5.06 Å². The van der Waals surface area contributed by atoms with Gasteiger partial charge < -0.3 is 24.4 Å². The van der Waals surface area contributed by atoms with Gasteiger partial charge in [0.05, 0.1) is 18.5 Å². The van der Waals surface area contributed by atoms with Gasteiger partial charge in [0.1, 0.15) is 11.4 Å². The summed E-state index contributed by atoms with van der Waals surface area (Å²) in [4.78, 5) is 36.1. The minimum atomic E-state index is -0.248. The Morgan fingerprint density at radius 1 is 0.889 bits per heavy atom. The van der Waals surface area contributed by atoms with Gasteiger partial charge in [-0.15, -0.1) is 0 Å². The van der Waals surface area contributed by atoms with Crippen molar-refractivity contribution in [3.8, 4) is 22.5 Å². The summed E-state index contributed by atoms with van der Waals surface area (Å²) < 4.78 is 3.12. The van der Waals surface area contributed by atoms with E-state index in [1.165, 1.54) is 18.7 Å². The Kier molecular flexibility index (Phi) is 14.0. The molecule has 10 nitrogen and oxygen atoms in total. The van der Waals surface area contributed by atoms with Gasteiger partial charge in [-0.2, -0.15) is 10.2 Å². The van der Waals surface area contributed by atoms with Crippen LogP contribution in [0.4, 0.5) is 0 Å². The fourth-order valence-corrected chi connectivity index (χ4v) is 3.02. The molecule has 0 aliphatic heterocycles. The van der Waals surface area contributed by atoms with Gasteiger partial charge in [0, 0.05) is 64.0 Å². The summed E-state index contributed by atoms with van der Waals surface area (Å²) in [5.74, 6) is -0.234. The molecule has 12 heteroatoms. The van der Waals surface area contributed by atoms with Crippen molar-refractivity contribution in [3.05, 3.63) is 80.0 Å². The predicted octanol–water partition coefficient (Wildman–Crippen LogP) is -0.126. The minimum absolute atomic E-state index is 0. The number of Topliss-reactive ketones (excluding diaryl/α,β-unsaturated/α-hetero) is 1. The zero-order valence-corrected chi connectivity index (χ0v) is 24.2. The van der Waals surface area contributed by atoms with Gasteiger partial charge >= 0.3 is 23.1 Å². The molecule has 1 amide bonds. The Hall–Kier alpha value is -2.93. The predicted molar refractivity (Wildman–Crippen MR) is 134 cm³/mol. The van der Waals surface area contributed by atoms with Crippen LogP contribution in [0, 0.1) is 7.43 Å². The number of hydrogen-bond acceptors (Lipinski definition) is 7. The van der Waals surface area contributed by atoms with Crippen molar-refractivity contribution in [3.63, 3.8) is 0 Å². The normalized spacial score (nSPS) is 9.47. The smallest absolute Gasteiger partial charge is 1.00 e. The molecule has 4 heterocycles. The van der Waals surface area contributed by atoms with Crippen molar-refractivity contribution in [1.29, 1.82) is 0 Å². The van der Waals surface area contributed by atoms with E-state index < -0.39 is 0 Å². The minimum Gasteiger partial charge on any atom is -1.00 e. The average molecular weight is 567 g/mol. The molecular formula is C24H28BrMgN7O3. The molecule has 0 fully saturated rings. The second kappa shape index (κ2) is 15.2. The summed E-state index contributed by atoms with van der Waals surface area (Å²) in [6.45, 7) is 1.53. The van der Waals surface area contributed by atoms with E-state index in [2.05, 4.69) is 20.2 Å². The summed E-state index contributed by atoms with van der Waals surface area (Å²) in [7, 11) is 6.47. The maximum absolute atomic E-state index is 12.0. The SMILES string of the molecule is CC(=O)c1cc(-c2cccnc2)nn1C.CON(C)C(=O)c1cc(-c2cccnc2)nn1C.[Br-].[CH3-].[Mg+2]. The van der Waals surface area contributed by atoms with Crippen LogP contribution < -0.4 is 17.0 Å². The van der Waals surface area contributed by atoms with Gasteiger partial charge in [-0.1, -0.05) is 0 Å². The van der Waals surface area contributed by atoms with Gasteiger partial charge in [0.25, 0.3) is 5.91 Å². The van der Waals surface area contributed by atoms with Crippen LogP contribution in [-0.2, 0) is 18.9 Å². The van der Waals surface area contributed by atoms with E-state index in [1.54, 1.807) is 62.7 Å². The molecule has 4 aromatic heterocycles. The zero-order chi connectivity index (χ0) is 24.0. The second-order valence-electron chi connectivity index (χ2n) is 7.10. The van der Waals surface area contributed by atoms with Crippen LogP contribution in [0.1, 0.15) is 27.9 Å². The number of rotatable bonds is 5. The van der Waals surface area contributed by atoms with Crippen molar-refractivity contribution in [2.24, 2.45) is 14.1 Å². The van der Waals surface area contributed by atoms with Crippen molar-refractivity contribution in [1.82, 2.24) is 34.6 Å². The first kappa shape index (κ1) is 33.1. The summed E-state index contributed by atoms with van der Waals surface area (Å²) in [6.07, 6.45) is 6.83. The molecular weight excluding hydrogens is 539 g/mol. The fraction of sp³-hybridized carbons (Fsp3) is 0.208. The first-order valence-electron chi connectivity index (χ1n) is 10.0. The van der Waals surface area contributed by atoms with Crippen LogP contribution in [0.25, 0.3) is 22.5 Å². The van der Waals surface area contributed by atoms with E-state index in [1.807, 2.05) is 24.3 Å². The Bertz CT molecular complexity index is 1250. The number of hydrogen-bond donors (Lipinski definition) is 0. The number of aryl methyl sites for hydroxylation is 2. The largest absolute Gasteiger partial charge is 2.00 e. The standard InChI is InChI=1S/C12H14N4O2.C11H11N3O.CH3.BrH.Mg/c1-15-11(12(17)16(2)18-3)7-10(14-15)9-5-4-6-13-8-9;1-8(15)11-6-10(13-14(11)2)9-4-3-5-12-7-9;;;/h4-8H,1-3H3;3-7H,1-2H3;1H3;1H;/q;;-1;;+2/p-1. The monoisotopic (exact) mass is 565 g/mol. The first-order chi connectivity index (χ1) is 15.8. The molecule has 0 unspecified atom stereocenters. The second-order valence-corrected chi connectivity index (χ2v) is 7.10. The van der Waals surface area contributed by atoms with E-state index >= 15 is 0 Å². The number of pyridine rings is 2. The molecule has 0 bridgehead atoms. The van der Waals surface area contributed by atoms with Crippen LogP contribution >= 0.6 is 0 Å². The Morgan fingerprint density at radius 3 is 1.69 bits per heavy atom. The van der Waals surface area contributed by atoms with E-state index in [4.69, 9.17) is 4.84 Å². The molecule has 0 saturated carbocycles. The van der Waals surface area contributed by atoms with Gasteiger partial charge in [0.2, 0.25) is 0 Å². The third-order valence-corrected chi connectivity index (χ3v) is 4.81. The van der Waals surface area contributed by atoms with E-state index in [0.717, 1.165) is 21.9 Å². The summed E-state index contributed by atoms with van der Waals surface area (Å²) in [5.41, 5.74) is 4.33. The number of halogens is 1. The third kappa shape index (κ3) is 8.05. The van der Waals surface area contributed by atoms with Crippen LogP contribution in [0.2, 0.25) is 0 Å². The molecule has 0 aliphatic rings. The van der Waals surface area contributed by atoms with Crippen LogP contribution in [0.15, 0.2) is 61.2 Å². The molecule has 0 N–H and O–H groups in total. The van der Waals surface area contributed by atoms with Crippen LogP contribution in [0.5, 0.6) is 0 Å². The summed E-state index contributed by atoms with van der Waals surface area (Å²) >= 11 is 0. The van der Waals surface area contributed by atoms with E-state index in [-0.39, 0.29) is 59.2 Å². The van der Waals surface area contributed by atoms with E-state index in [0.29, 0.717) is 17.1 Å². The fourth-order valence-electron chi connectivity index (χ4n) is 3.02. The molecule has 0 atom stereocenters. The number of carbonyl (C=O) groups is 2. The zero-order valence-electron chi connectivity index (χ0n) is 21.2. The number of amides is 1. The molecule has 186 valence electrons. The molecule has 4 rings (SSSR count). The topological polar surface area (TPSA) is 108 Å². The molecule has 36 heavy (non-hydrogen) atoms. The Balaban J connectivity index is 0.000000636. The van der Waals surface area contributed by atoms with Crippen LogP contribution in [0.3, 0.4) is 0 Å². The number of carbonyl (C=O) groups excluding carboxylic acids is 2. The first-order valence-corrected chi connectivity index (χ1v) is 10.0. The van der Waals surface area contributed by atoms with E-state index in [9.17, 15) is 9.59 Å². The quantitative estimate of drug-likeness (QED) is 0.143. The Morgan fingerprint density at radius 2 is 1.33 bits per heavy atom. The number of aromatic nitrogens is 6. The molecule has 0 aliphatic carbocycles. The average Bonchev–Trinajstić information content (AvgIpc) is 3.42.